The third kappa shape index (κ3) is 3.44. The fraction of sp³-hybridized carbons (Fsp3) is 0.278. The van der Waals surface area contributed by atoms with E-state index < -0.39 is 0 Å². The highest BCUT2D eigenvalue weighted by Crippen LogP contribution is 2.27. The number of carbonyl (C=O) groups excluding carboxylic acids is 1. The maximum Gasteiger partial charge on any atom is 0.245 e. The minimum Gasteiger partial charge on any atom is -0.339 e. The van der Waals surface area contributed by atoms with Crippen molar-refractivity contribution in [3.05, 3.63) is 60.8 Å². The Morgan fingerprint density at radius 2 is 1.91 bits per heavy atom. The summed E-state index contributed by atoms with van der Waals surface area (Å²) in [5.41, 5.74) is 1.66. The minimum absolute atomic E-state index is 0.0237. The first-order chi connectivity index (χ1) is 11.2. The van der Waals surface area contributed by atoms with Crippen molar-refractivity contribution in [2.24, 2.45) is 0 Å². The number of benzene rings is 1. The summed E-state index contributed by atoms with van der Waals surface area (Å²) in [6.07, 6.45) is 4.77. The normalized spacial score (nSPS) is 15.4. The zero-order chi connectivity index (χ0) is 16.2. The van der Waals surface area contributed by atoms with Crippen molar-refractivity contribution >= 4 is 5.91 Å². The van der Waals surface area contributed by atoms with Gasteiger partial charge in [-0.25, -0.2) is 14.4 Å². The van der Waals surface area contributed by atoms with Crippen molar-refractivity contribution in [1.29, 1.82) is 0 Å². The standard InChI is InChI=1S/C18H18FN3O/c1-2-17(23)22-11-8-14(9-12-22)18-20-10-7-16(21-18)13-3-5-15(19)6-4-13/h2-7,10,14H,1,8-9,11-12H2. The lowest BCUT2D eigenvalue weighted by molar-refractivity contribution is -0.127. The molecule has 118 valence electrons. The number of amides is 1. The van der Waals surface area contributed by atoms with E-state index in [1.54, 1.807) is 23.2 Å². The van der Waals surface area contributed by atoms with Crippen LogP contribution in [0.1, 0.15) is 24.6 Å². The van der Waals surface area contributed by atoms with Crippen molar-refractivity contribution in [3.8, 4) is 11.3 Å². The highest BCUT2D eigenvalue weighted by atomic mass is 19.1. The van der Waals surface area contributed by atoms with Crippen LogP contribution in [-0.2, 0) is 4.79 Å². The molecule has 4 nitrogen and oxygen atoms in total. The fourth-order valence-electron chi connectivity index (χ4n) is 2.84. The lowest BCUT2D eigenvalue weighted by Gasteiger charge is -2.30. The molecule has 5 heteroatoms. The van der Waals surface area contributed by atoms with Gasteiger partial charge in [0.25, 0.3) is 0 Å². The molecule has 23 heavy (non-hydrogen) atoms. The molecule has 3 rings (SSSR count). The molecule has 0 spiro atoms. The van der Waals surface area contributed by atoms with Gasteiger partial charge in [0.1, 0.15) is 11.6 Å². The smallest absolute Gasteiger partial charge is 0.245 e. The van der Waals surface area contributed by atoms with E-state index in [1.807, 2.05) is 6.07 Å². The SMILES string of the molecule is C=CC(=O)N1CCC(c2nccc(-c3ccc(F)cc3)n2)CC1. The van der Waals surface area contributed by atoms with Gasteiger partial charge in [-0.15, -0.1) is 0 Å². The Balaban J connectivity index is 1.75. The maximum absolute atomic E-state index is 13.0. The molecule has 0 aliphatic carbocycles. The topological polar surface area (TPSA) is 46.1 Å². The van der Waals surface area contributed by atoms with Crippen molar-refractivity contribution in [2.45, 2.75) is 18.8 Å². The van der Waals surface area contributed by atoms with E-state index >= 15 is 0 Å². The lowest BCUT2D eigenvalue weighted by Crippen LogP contribution is -2.37. The third-order valence-electron chi connectivity index (χ3n) is 4.16. The van der Waals surface area contributed by atoms with E-state index in [0.29, 0.717) is 13.1 Å². The number of hydrogen-bond acceptors (Lipinski definition) is 3. The molecular weight excluding hydrogens is 293 g/mol. The minimum atomic E-state index is -0.262. The number of carbonyl (C=O) groups is 1. The Hall–Kier alpha value is -2.56. The summed E-state index contributed by atoms with van der Waals surface area (Å²) in [5.74, 6) is 0.744. The van der Waals surface area contributed by atoms with E-state index in [1.165, 1.54) is 18.2 Å². The second-order valence-corrected chi connectivity index (χ2v) is 5.61. The van der Waals surface area contributed by atoms with Gasteiger partial charge in [0.15, 0.2) is 0 Å². The fourth-order valence-corrected chi connectivity index (χ4v) is 2.84. The second-order valence-electron chi connectivity index (χ2n) is 5.61. The molecule has 0 radical (unpaired) electrons. The zero-order valence-electron chi connectivity index (χ0n) is 12.8. The van der Waals surface area contributed by atoms with Crippen LogP contribution in [0.3, 0.4) is 0 Å². The molecule has 1 fully saturated rings. The summed E-state index contributed by atoms with van der Waals surface area (Å²) in [6, 6.07) is 8.11. The molecule has 1 aliphatic heterocycles. The first-order valence-electron chi connectivity index (χ1n) is 7.67. The number of likely N-dealkylation sites (tertiary alicyclic amines) is 1. The van der Waals surface area contributed by atoms with Crippen LogP contribution in [0.2, 0.25) is 0 Å². The van der Waals surface area contributed by atoms with Gasteiger partial charge in [-0.05, 0) is 49.2 Å². The predicted octanol–water partition coefficient (Wildman–Crippen LogP) is 3.17. The van der Waals surface area contributed by atoms with Crippen molar-refractivity contribution in [2.75, 3.05) is 13.1 Å². The van der Waals surface area contributed by atoms with Crippen LogP contribution in [0.15, 0.2) is 49.2 Å². The highest BCUT2D eigenvalue weighted by molar-refractivity contribution is 5.87. The molecule has 0 unspecified atom stereocenters. The second kappa shape index (κ2) is 6.69. The van der Waals surface area contributed by atoms with E-state index in [9.17, 15) is 9.18 Å². The third-order valence-corrected chi connectivity index (χ3v) is 4.16. The zero-order valence-corrected chi connectivity index (χ0v) is 12.8. The predicted molar refractivity (Wildman–Crippen MR) is 86.2 cm³/mol. The van der Waals surface area contributed by atoms with Gasteiger partial charge in [0, 0.05) is 30.8 Å². The number of rotatable bonds is 3. The highest BCUT2D eigenvalue weighted by Gasteiger charge is 2.24. The van der Waals surface area contributed by atoms with Gasteiger partial charge in [-0.3, -0.25) is 4.79 Å². The summed E-state index contributed by atoms with van der Waals surface area (Å²) in [7, 11) is 0. The first kappa shape index (κ1) is 15.3. The van der Waals surface area contributed by atoms with Crippen LogP contribution < -0.4 is 0 Å². The molecule has 1 aromatic carbocycles. The largest absolute Gasteiger partial charge is 0.339 e. The summed E-state index contributed by atoms with van der Waals surface area (Å²) in [5, 5.41) is 0. The van der Waals surface area contributed by atoms with Crippen molar-refractivity contribution < 1.29 is 9.18 Å². The summed E-state index contributed by atoms with van der Waals surface area (Å²) in [6.45, 7) is 4.91. The van der Waals surface area contributed by atoms with E-state index in [2.05, 4.69) is 16.5 Å². The Morgan fingerprint density at radius 1 is 1.22 bits per heavy atom. The summed E-state index contributed by atoms with van der Waals surface area (Å²) in [4.78, 5) is 22.4. The van der Waals surface area contributed by atoms with E-state index in [4.69, 9.17) is 0 Å². The summed E-state index contributed by atoms with van der Waals surface area (Å²) < 4.78 is 13.0. The van der Waals surface area contributed by atoms with Gasteiger partial charge >= 0.3 is 0 Å². The molecule has 2 aromatic rings. The Bertz CT molecular complexity index is 706. The average Bonchev–Trinajstić information content (AvgIpc) is 2.62. The quantitative estimate of drug-likeness (QED) is 0.818. The van der Waals surface area contributed by atoms with Gasteiger partial charge in [-0.2, -0.15) is 0 Å². The molecule has 0 saturated carbocycles. The Kier molecular flexibility index (Phi) is 4.46. The molecule has 2 heterocycles. The van der Waals surface area contributed by atoms with Crippen molar-refractivity contribution in [1.82, 2.24) is 14.9 Å². The van der Waals surface area contributed by atoms with E-state index in [0.717, 1.165) is 29.9 Å². The van der Waals surface area contributed by atoms with Gasteiger partial charge in [-0.1, -0.05) is 6.58 Å². The summed E-state index contributed by atoms with van der Waals surface area (Å²) >= 11 is 0. The average molecular weight is 311 g/mol. The Morgan fingerprint density at radius 3 is 2.57 bits per heavy atom. The number of aromatic nitrogens is 2. The van der Waals surface area contributed by atoms with Gasteiger partial charge in [0.2, 0.25) is 5.91 Å². The van der Waals surface area contributed by atoms with Crippen LogP contribution in [0, 0.1) is 5.82 Å². The first-order valence-corrected chi connectivity index (χ1v) is 7.67. The lowest BCUT2D eigenvalue weighted by atomic mass is 9.95. The molecule has 0 bridgehead atoms. The van der Waals surface area contributed by atoms with Crippen LogP contribution in [0.4, 0.5) is 4.39 Å². The number of hydrogen-bond donors (Lipinski definition) is 0. The molecule has 1 saturated heterocycles. The molecule has 1 aliphatic rings. The van der Waals surface area contributed by atoms with Crippen LogP contribution >= 0.6 is 0 Å². The maximum atomic E-state index is 13.0. The molecule has 1 amide bonds. The molecular formula is C18H18FN3O. The van der Waals surface area contributed by atoms with Crippen LogP contribution in [0.5, 0.6) is 0 Å². The Labute approximate surface area is 134 Å². The number of nitrogens with zero attached hydrogens (tertiary/aromatic N) is 3. The number of halogens is 1. The van der Waals surface area contributed by atoms with Crippen LogP contribution in [0.25, 0.3) is 11.3 Å². The molecule has 0 N–H and O–H groups in total. The number of piperidine rings is 1. The van der Waals surface area contributed by atoms with Crippen molar-refractivity contribution in [3.63, 3.8) is 0 Å². The van der Waals surface area contributed by atoms with E-state index in [-0.39, 0.29) is 17.6 Å². The van der Waals surface area contributed by atoms with Crippen LogP contribution in [-0.4, -0.2) is 33.9 Å². The van der Waals surface area contributed by atoms with Gasteiger partial charge in [0.05, 0.1) is 5.69 Å². The molecule has 1 aromatic heterocycles. The monoisotopic (exact) mass is 311 g/mol. The van der Waals surface area contributed by atoms with Gasteiger partial charge < -0.3 is 4.90 Å². The molecule has 0 atom stereocenters.